The Bertz CT molecular complexity index is 458. The first kappa shape index (κ1) is 15.0. The lowest BCUT2D eigenvalue weighted by Gasteiger charge is -2.20. The Kier molecular flexibility index (Phi) is 5.85. The maximum atomic E-state index is 12.0. The highest BCUT2D eigenvalue weighted by Gasteiger charge is 2.13. The van der Waals surface area contributed by atoms with Crippen LogP contribution >= 0.6 is 0 Å². The highest BCUT2D eigenvalue weighted by atomic mass is 16.4. The number of benzene rings is 1. The van der Waals surface area contributed by atoms with Crippen molar-refractivity contribution in [2.24, 2.45) is 10.9 Å². The molecule has 0 aliphatic heterocycles. The van der Waals surface area contributed by atoms with Gasteiger partial charge in [0.05, 0.1) is 6.54 Å². The number of carbonyl (C=O) groups is 1. The number of amides is 1. The molecule has 1 rings (SSSR count). The molecule has 0 aliphatic carbocycles. The van der Waals surface area contributed by atoms with Gasteiger partial charge < -0.3 is 15.8 Å². The quantitative estimate of drug-likeness (QED) is 0.353. The summed E-state index contributed by atoms with van der Waals surface area (Å²) in [6.07, 6.45) is 1.13. The van der Waals surface area contributed by atoms with Crippen LogP contribution in [0.15, 0.2) is 29.4 Å². The van der Waals surface area contributed by atoms with Crippen LogP contribution in [0.25, 0.3) is 0 Å². The van der Waals surface area contributed by atoms with Gasteiger partial charge in [0.25, 0.3) is 0 Å². The van der Waals surface area contributed by atoms with Crippen LogP contribution in [-0.2, 0) is 11.2 Å². The van der Waals surface area contributed by atoms with Crippen molar-refractivity contribution in [3.63, 3.8) is 0 Å². The third-order valence-corrected chi connectivity index (χ3v) is 3.09. The fraction of sp³-hybridized carbons (Fsp3) is 0.429. The number of nitrogens with two attached hydrogens (primary N) is 1. The normalized spacial score (nSPS) is 11.4. The van der Waals surface area contributed by atoms with Crippen LogP contribution in [0, 0.1) is 6.92 Å². The average molecular weight is 263 g/mol. The van der Waals surface area contributed by atoms with E-state index in [0.717, 1.165) is 0 Å². The van der Waals surface area contributed by atoms with Crippen molar-refractivity contribution >= 4 is 11.7 Å². The molecule has 1 amide bonds. The summed E-state index contributed by atoms with van der Waals surface area (Å²) in [6.45, 7) is 4.62. The maximum Gasteiger partial charge on any atom is 0.223 e. The Morgan fingerprint density at radius 1 is 1.42 bits per heavy atom. The van der Waals surface area contributed by atoms with E-state index in [4.69, 9.17) is 10.9 Å². The predicted molar refractivity (Wildman–Crippen MR) is 75.2 cm³/mol. The highest BCUT2D eigenvalue weighted by Crippen LogP contribution is 2.10. The van der Waals surface area contributed by atoms with Crippen LogP contribution in [-0.4, -0.2) is 34.9 Å². The second-order valence-electron chi connectivity index (χ2n) is 4.43. The van der Waals surface area contributed by atoms with Crippen molar-refractivity contribution in [1.82, 2.24) is 4.90 Å². The van der Waals surface area contributed by atoms with Gasteiger partial charge in [-0.2, -0.15) is 0 Å². The van der Waals surface area contributed by atoms with Crippen LogP contribution in [0.5, 0.6) is 0 Å². The van der Waals surface area contributed by atoms with Crippen molar-refractivity contribution in [2.45, 2.75) is 26.7 Å². The first-order chi connectivity index (χ1) is 9.08. The molecule has 3 N–H and O–H groups in total. The zero-order valence-electron chi connectivity index (χ0n) is 11.5. The number of carbonyl (C=O) groups excluding carboxylic acids is 1. The zero-order chi connectivity index (χ0) is 14.3. The molecule has 0 saturated carbocycles. The van der Waals surface area contributed by atoms with Crippen LogP contribution in [0.4, 0.5) is 0 Å². The van der Waals surface area contributed by atoms with Crippen molar-refractivity contribution < 1.29 is 10.0 Å². The highest BCUT2D eigenvalue weighted by molar-refractivity contribution is 5.86. The summed E-state index contributed by atoms with van der Waals surface area (Å²) >= 11 is 0. The standard InChI is InChI=1S/C14H21N3O2/c1-3-17(10-13(15)16-19)14(18)9-8-12-7-5-4-6-11(12)2/h4-7,19H,3,8-10H2,1-2H3,(H2,15,16). The molecule has 0 saturated heterocycles. The molecule has 104 valence electrons. The minimum Gasteiger partial charge on any atom is -0.409 e. The molecule has 0 atom stereocenters. The van der Waals surface area contributed by atoms with Gasteiger partial charge in [0.2, 0.25) is 5.91 Å². The molecule has 1 aromatic rings. The van der Waals surface area contributed by atoms with Crippen LogP contribution in [0.3, 0.4) is 0 Å². The summed E-state index contributed by atoms with van der Waals surface area (Å²) in [6, 6.07) is 8.02. The third-order valence-electron chi connectivity index (χ3n) is 3.09. The molecule has 5 nitrogen and oxygen atoms in total. The zero-order valence-corrected chi connectivity index (χ0v) is 11.5. The van der Waals surface area contributed by atoms with Crippen molar-refractivity contribution in [3.05, 3.63) is 35.4 Å². The van der Waals surface area contributed by atoms with Gasteiger partial charge in [-0.15, -0.1) is 0 Å². The molecule has 5 heteroatoms. The molecule has 0 bridgehead atoms. The van der Waals surface area contributed by atoms with E-state index in [9.17, 15) is 4.79 Å². The molecule has 0 aliphatic rings. The maximum absolute atomic E-state index is 12.0. The van der Waals surface area contributed by atoms with Gasteiger partial charge in [-0.3, -0.25) is 4.79 Å². The second-order valence-corrected chi connectivity index (χ2v) is 4.43. The summed E-state index contributed by atoms with van der Waals surface area (Å²) in [5.41, 5.74) is 7.79. The number of hydrogen-bond acceptors (Lipinski definition) is 3. The Morgan fingerprint density at radius 3 is 2.68 bits per heavy atom. The monoisotopic (exact) mass is 263 g/mol. The molecule has 0 radical (unpaired) electrons. The fourth-order valence-electron chi connectivity index (χ4n) is 1.89. The smallest absolute Gasteiger partial charge is 0.223 e. The summed E-state index contributed by atoms with van der Waals surface area (Å²) in [5, 5.41) is 11.4. The van der Waals surface area contributed by atoms with Gasteiger partial charge >= 0.3 is 0 Å². The van der Waals surface area contributed by atoms with Gasteiger partial charge in [0.1, 0.15) is 0 Å². The van der Waals surface area contributed by atoms with Crippen molar-refractivity contribution in [3.8, 4) is 0 Å². The van der Waals surface area contributed by atoms with E-state index in [0.29, 0.717) is 19.4 Å². The van der Waals surface area contributed by atoms with E-state index in [1.165, 1.54) is 11.1 Å². The average Bonchev–Trinajstić information content (AvgIpc) is 2.43. The van der Waals surface area contributed by atoms with E-state index in [1.54, 1.807) is 4.90 Å². The largest absolute Gasteiger partial charge is 0.409 e. The Balaban J connectivity index is 2.56. The summed E-state index contributed by atoms with van der Waals surface area (Å²) in [5.74, 6) is 0.0587. The Morgan fingerprint density at radius 2 is 2.11 bits per heavy atom. The SMILES string of the molecule is CCN(CC(N)=NO)C(=O)CCc1ccccc1C. The van der Waals surface area contributed by atoms with Crippen molar-refractivity contribution in [2.75, 3.05) is 13.1 Å². The number of amidine groups is 1. The third kappa shape index (κ3) is 4.62. The fourth-order valence-corrected chi connectivity index (χ4v) is 1.89. The molecule has 0 fully saturated rings. The van der Waals surface area contributed by atoms with Gasteiger partial charge in [0.15, 0.2) is 5.84 Å². The summed E-state index contributed by atoms with van der Waals surface area (Å²) in [4.78, 5) is 13.6. The Labute approximate surface area is 113 Å². The molecular weight excluding hydrogens is 242 g/mol. The topological polar surface area (TPSA) is 78.9 Å². The summed E-state index contributed by atoms with van der Waals surface area (Å²) < 4.78 is 0. The second kappa shape index (κ2) is 7.41. The molecule has 1 aromatic carbocycles. The first-order valence-electron chi connectivity index (χ1n) is 6.37. The van der Waals surface area contributed by atoms with Crippen LogP contribution in [0.1, 0.15) is 24.5 Å². The molecule has 19 heavy (non-hydrogen) atoms. The van der Waals surface area contributed by atoms with E-state index < -0.39 is 0 Å². The van der Waals surface area contributed by atoms with Gasteiger partial charge in [-0.1, -0.05) is 29.4 Å². The van der Waals surface area contributed by atoms with E-state index >= 15 is 0 Å². The molecular formula is C14H21N3O2. The minimum atomic E-state index is 0.0114. The number of hydrogen-bond donors (Lipinski definition) is 2. The van der Waals surface area contributed by atoms with Crippen LogP contribution < -0.4 is 5.73 Å². The Hall–Kier alpha value is -2.04. The number of nitrogens with zero attached hydrogens (tertiary/aromatic N) is 2. The lowest BCUT2D eigenvalue weighted by molar-refractivity contribution is -0.130. The van der Waals surface area contributed by atoms with E-state index in [-0.39, 0.29) is 18.3 Å². The number of rotatable bonds is 6. The van der Waals surface area contributed by atoms with Gasteiger partial charge in [-0.25, -0.2) is 0 Å². The molecule has 0 spiro atoms. The first-order valence-corrected chi connectivity index (χ1v) is 6.37. The molecule has 0 aromatic heterocycles. The van der Waals surface area contributed by atoms with Gasteiger partial charge in [-0.05, 0) is 31.4 Å². The lowest BCUT2D eigenvalue weighted by Crippen LogP contribution is -2.38. The summed E-state index contributed by atoms with van der Waals surface area (Å²) in [7, 11) is 0. The van der Waals surface area contributed by atoms with E-state index in [1.807, 2.05) is 38.1 Å². The number of aryl methyl sites for hydroxylation is 2. The number of oxime groups is 1. The molecule has 0 unspecified atom stereocenters. The van der Waals surface area contributed by atoms with Crippen LogP contribution in [0.2, 0.25) is 0 Å². The van der Waals surface area contributed by atoms with Gasteiger partial charge in [0, 0.05) is 13.0 Å². The minimum absolute atomic E-state index is 0.0114. The predicted octanol–water partition coefficient (Wildman–Crippen LogP) is 1.52. The molecule has 0 heterocycles. The lowest BCUT2D eigenvalue weighted by atomic mass is 10.0. The number of likely N-dealkylation sites (N-methyl/N-ethyl adjacent to an activating group) is 1. The van der Waals surface area contributed by atoms with Crippen molar-refractivity contribution in [1.29, 1.82) is 0 Å². The van der Waals surface area contributed by atoms with E-state index in [2.05, 4.69) is 5.16 Å².